The van der Waals surface area contributed by atoms with Crippen LogP contribution >= 0.6 is 11.6 Å². The summed E-state index contributed by atoms with van der Waals surface area (Å²) >= 11 is 6.20. The summed E-state index contributed by atoms with van der Waals surface area (Å²) in [5.41, 5.74) is 4.10. The molecule has 2 heterocycles. The van der Waals surface area contributed by atoms with Crippen molar-refractivity contribution in [2.75, 3.05) is 30.8 Å². The van der Waals surface area contributed by atoms with E-state index >= 15 is 0 Å². The number of benzene rings is 2. The molecule has 0 amide bonds. The molecule has 0 bridgehead atoms. The normalized spacial score (nSPS) is 13.9. The van der Waals surface area contributed by atoms with Crippen molar-refractivity contribution in [3.8, 4) is 5.75 Å². The van der Waals surface area contributed by atoms with Gasteiger partial charge < -0.3 is 20.8 Å². The lowest BCUT2D eigenvalue weighted by atomic mass is 10.1. The van der Waals surface area contributed by atoms with E-state index < -0.39 is 0 Å². The van der Waals surface area contributed by atoms with E-state index in [2.05, 4.69) is 49.8 Å². The molecule has 34 heavy (non-hydrogen) atoms. The molecule has 4 rings (SSSR count). The van der Waals surface area contributed by atoms with Crippen molar-refractivity contribution >= 4 is 29.5 Å². The largest absolute Gasteiger partial charge is 0.497 e. The van der Waals surface area contributed by atoms with Crippen molar-refractivity contribution in [3.05, 3.63) is 76.1 Å². The highest BCUT2D eigenvalue weighted by Gasteiger charge is 2.13. The van der Waals surface area contributed by atoms with E-state index in [4.69, 9.17) is 21.7 Å². The molecule has 3 aromatic rings. The number of nitrogens with one attached hydrogen (secondary N) is 3. The van der Waals surface area contributed by atoms with Crippen LogP contribution in [0.2, 0.25) is 5.28 Å². The number of piperidine rings is 1. The van der Waals surface area contributed by atoms with Gasteiger partial charge in [0.05, 0.1) is 12.7 Å². The number of rotatable bonds is 10. The maximum Gasteiger partial charge on any atom is 0.226 e. The Hall–Kier alpha value is -3.16. The molecule has 1 aromatic heterocycles. The SMILES string of the molecule is COc1ccc(CNc2nc(Cl)nc(NCc3ccc(CN4CCCCC4)cc3)c2C=N)cc1. The minimum absolute atomic E-state index is 0.127. The zero-order valence-electron chi connectivity index (χ0n) is 19.5. The summed E-state index contributed by atoms with van der Waals surface area (Å²) in [6.45, 7) is 4.51. The molecule has 0 atom stereocenters. The first-order chi connectivity index (χ1) is 16.6. The van der Waals surface area contributed by atoms with E-state index in [1.54, 1.807) is 7.11 Å². The molecule has 1 fully saturated rings. The Labute approximate surface area is 206 Å². The highest BCUT2D eigenvalue weighted by atomic mass is 35.5. The van der Waals surface area contributed by atoms with Crippen LogP contribution in [0, 0.1) is 5.41 Å². The third kappa shape index (κ3) is 6.46. The summed E-state index contributed by atoms with van der Waals surface area (Å²) in [5, 5.41) is 14.6. The molecular formula is C26H31ClN6O. The molecule has 178 valence electrons. The van der Waals surface area contributed by atoms with Gasteiger partial charge in [0.25, 0.3) is 0 Å². The predicted octanol–water partition coefficient (Wildman–Crippen LogP) is 5.35. The molecule has 0 spiro atoms. The summed E-state index contributed by atoms with van der Waals surface area (Å²) in [7, 11) is 1.64. The Morgan fingerprint density at radius 1 is 0.882 bits per heavy atom. The highest BCUT2D eigenvalue weighted by molar-refractivity contribution is 6.28. The molecule has 2 aromatic carbocycles. The minimum atomic E-state index is 0.127. The average molecular weight is 479 g/mol. The first-order valence-electron chi connectivity index (χ1n) is 11.6. The fraction of sp³-hybridized carbons (Fsp3) is 0.346. The van der Waals surface area contributed by atoms with E-state index in [1.165, 1.54) is 44.1 Å². The zero-order chi connectivity index (χ0) is 23.8. The molecular weight excluding hydrogens is 448 g/mol. The van der Waals surface area contributed by atoms with E-state index in [1.807, 2.05) is 24.3 Å². The van der Waals surface area contributed by atoms with Crippen LogP contribution < -0.4 is 15.4 Å². The molecule has 3 N–H and O–H groups in total. The Bertz CT molecular complexity index is 1080. The quantitative estimate of drug-likeness (QED) is 0.269. The van der Waals surface area contributed by atoms with Crippen molar-refractivity contribution in [3.63, 3.8) is 0 Å². The average Bonchev–Trinajstić information content (AvgIpc) is 2.88. The zero-order valence-corrected chi connectivity index (χ0v) is 20.2. The molecule has 0 aliphatic carbocycles. The molecule has 0 saturated carbocycles. The highest BCUT2D eigenvalue weighted by Crippen LogP contribution is 2.23. The van der Waals surface area contributed by atoms with Gasteiger partial charge in [0.1, 0.15) is 17.4 Å². The number of anilines is 2. The summed E-state index contributed by atoms with van der Waals surface area (Å²) < 4.78 is 5.21. The van der Waals surface area contributed by atoms with Gasteiger partial charge >= 0.3 is 0 Å². The third-order valence-electron chi connectivity index (χ3n) is 6.02. The van der Waals surface area contributed by atoms with Crippen LogP contribution in [0.4, 0.5) is 11.6 Å². The van der Waals surface area contributed by atoms with Gasteiger partial charge in [-0.05, 0) is 66.4 Å². The summed E-state index contributed by atoms with van der Waals surface area (Å²) in [4.78, 5) is 11.1. The van der Waals surface area contributed by atoms with E-state index in [9.17, 15) is 0 Å². The maximum atomic E-state index is 7.92. The van der Waals surface area contributed by atoms with Gasteiger partial charge in [0.2, 0.25) is 5.28 Å². The second kappa shape index (κ2) is 11.8. The van der Waals surface area contributed by atoms with Gasteiger partial charge in [-0.1, -0.05) is 42.8 Å². The lowest BCUT2D eigenvalue weighted by Crippen LogP contribution is -2.29. The number of methoxy groups -OCH3 is 1. The first kappa shape index (κ1) is 24.0. The van der Waals surface area contributed by atoms with E-state index in [-0.39, 0.29) is 5.28 Å². The second-order valence-corrected chi connectivity index (χ2v) is 8.79. The van der Waals surface area contributed by atoms with Crippen LogP contribution in [0.15, 0.2) is 48.5 Å². The van der Waals surface area contributed by atoms with Crippen molar-refractivity contribution in [2.24, 2.45) is 0 Å². The summed E-state index contributed by atoms with van der Waals surface area (Å²) in [5.74, 6) is 1.86. The Balaban J connectivity index is 1.39. The molecule has 0 radical (unpaired) electrons. The number of likely N-dealkylation sites (tertiary alicyclic amines) is 1. The summed E-state index contributed by atoms with van der Waals surface area (Å²) in [6, 6.07) is 16.4. The van der Waals surface area contributed by atoms with Gasteiger partial charge in [-0.3, -0.25) is 4.90 Å². The molecule has 0 unspecified atom stereocenters. The monoisotopic (exact) mass is 478 g/mol. The lowest BCUT2D eigenvalue weighted by molar-refractivity contribution is 0.221. The fourth-order valence-electron chi connectivity index (χ4n) is 4.10. The molecule has 7 nitrogen and oxygen atoms in total. The Morgan fingerprint density at radius 2 is 1.41 bits per heavy atom. The van der Waals surface area contributed by atoms with Crippen LogP contribution in [-0.4, -0.2) is 41.3 Å². The number of aromatic nitrogens is 2. The number of hydrogen-bond donors (Lipinski definition) is 3. The van der Waals surface area contributed by atoms with Gasteiger partial charge in [0, 0.05) is 25.8 Å². The van der Waals surface area contributed by atoms with Gasteiger partial charge in [-0.15, -0.1) is 0 Å². The molecule has 1 aliphatic rings. The standard InChI is InChI=1S/C26H31ClN6O/c1-34-22-11-9-20(10-12-22)17-30-25-23(15-28)24(31-26(27)32-25)29-16-19-5-7-21(8-6-19)18-33-13-3-2-4-14-33/h5-12,15,28H,2-4,13-14,16-18H2,1H3,(H2,29,30,31,32). The minimum Gasteiger partial charge on any atom is -0.497 e. The molecule has 1 saturated heterocycles. The van der Waals surface area contributed by atoms with Crippen molar-refractivity contribution in [1.82, 2.24) is 14.9 Å². The summed E-state index contributed by atoms with van der Waals surface area (Å²) in [6.07, 6.45) is 5.20. The van der Waals surface area contributed by atoms with Crippen LogP contribution in [0.25, 0.3) is 0 Å². The van der Waals surface area contributed by atoms with Gasteiger partial charge in [0.15, 0.2) is 0 Å². The van der Waals surface area contributed by atoms with Crippen molar-refractivity contribution in [1.29, 1.82) is 5.41 Å². The smallest absolute Gasteiger partial charge is 0.226 e. The number of ether oxygens (including phenoxy) is 1. The first-order valence-corrected chi connectivity index (χ1v) is 12.0. The van der Waals surface area contributed by atoms with Crippen molar-refractivity contribution in [2.45, 2.75) is 38.9 Å². The Kier molecular flexibility index (Phi) is 8.33. The third-order valence-corrected chi connectivity index (χ3v) is 6.19. The van der Waals surface area contributed by atoms with E-state index in [0.29, 0.717) is 30.3 Å². The lowest BCUT2D eigenvalue weighted by Gasteiger charge is -2.26. The van der Waals surface area contributed by atoms with Gasteiger partial charge in [-0.25, -0.2) is 0 Å². The predicted molar refractivity (Wildman–Crippen MR) is 138 cm³/mol. The fourth-order valence-corrected chi connectivity index (χ4v) is 4.27. The van der Waals surface area contributed by atoms with Crippen LogP contribution in [0.3, 0.4) is 0 Å². The molecule has 8 heteroatoms. The number of hydrogen-bond acceptors (Lipinski definition) is 7. The van der Waals surface area contributed by atoms with Crippen LogP contribution in [0.5, 0.6) is 5.75 Å². The number of nitrogens with zero attached hydrogens (tertiary/aromatic N) is 3. The molecule has 1 aliphatic heterocycles. The Morgan fingerprint density at radius 3 is 1.94 bits per heavy atom. The van der Waals surface area contributed by atoms with Gasteiger partial charge in [-0.2, -0.15) is 9.97 Å². The maximum absolute atomic E-state index is 7.92. The van der Waals surface area contributed by atoms with E-state index in [0.717, 1.165) is 23.4 Å². The van der Waals surface area contributed by atoms with Crippen LogP contribution in [0.1, 0.15) is 41.5 Å². The van der Waals surface area contributed by atoms with Crippen LogP contribution in [-0.2, 0) is 19.6 Å². The number of halogens is 1. The topological polar surface area (TPSA) is 86.2 Å². The van der Waals surface area contributed by atoms with Crippen molar-refractivity contribution < 1.29 is 4.74 Å². The second-order valence-electron chi connectivity index (χ2n) is 8.46.